The maximum absolute atomic E-state index is 13.3. The fourth-order valence-corrected chi connectivity index (χ4v) is 5.15. The molecule has 1 saturated heterocycles. The molecule has 37 heavy (non-hydrogen) atoms. The van der Waals surface area contributed by atoms with Gasteiger partial charge in [0.25, 0.3) is 11.8 Å². The van der Waals surface area contributed by atoms with Crippen molar-refractivity contribution in [1.82, 2.24) is 15.5 Å². The molecule has 0 aliphatic carbocycles. The molecule has 2 aliphatic rings. The number of primary amides is 1. The first-order valence-electron chi connectivity index (χ1n) is 12.4. The number of likely N-dealkylation sites (tertiary alicyclic amines) is 1. The summed E-state index contributed by atoms with van der Waals surface area (Å²) in [4.78, 5) is 45.3. The number of aliphatic imine (C=N–C) groups is 1. The van der Waals surface area contributed by atoms with Crippen molar-refractivity contribution < 1.29 is 14.4 Å². The Morgan fingerprint density at radius 2 is 1.78 bits per heavy atom. The average Bonchev–Trinajstić information content (AvgIpc) is 3.35. The van der Waals surface area contributed by atoms with Gasteiger partial charge >= 0.3 is 0 Å². The number of hydrogen-bond acceptors (Lipinski definition) is 6. The van der Waals surface area contributed by atoms with E-state index >= 15 is 0 Å². The number of amides is 3. The molecule has 2 heterocycles. The SMILES string of the molecule is CC(C)(CNC(=O)C1N=CNC1(C(N)=O)c1ccc(NC(=O)c2ccccc2Cl)cc1)N1CCCCC1. The molecular weight excluding hydrogens is 492 g/mol. The third kappa shape index (κ3) is 5.47. The van der Waals surface area contributed by atoms with Crippen LogP contribution in [0.2, 0.25) is 5.02 Å². The van der Waals surface area contributed by atoms with Crippen molar-refractivity contribution in [2.75, 3.05) is 25.0 Å². The van der Waals surface area contributed by atoms with Crippen molar-refractivity contribution in [3.8, 4) is 0 Å². The number of anilines is 1. The van der Waals surface area contributed by atoms with Crippen molar-refractivity contribution in [3.05, 3.63) is 64.7 Å². The van der Waals surface area contributed by atoms with Gasteiger partial charge in [-0.05, 0) is 69.6 Å². The van der Waals surface area contributed by atoms with Crippen LogP contribution in [0.4, 0.5) is 5.69 Å². The van der Waals surface area contributed by atoms with Gasteiger partial charge in [0, 0.05) is 17.8 Å². The Balaban J connectivity index is 1.49. The molecule has 10 heteroatoms. The molecule has 0 spiro atoms. The lowest BCUT2D eigenvalue weighted by molar-refractivity contribution is -0.132. The molecule has 0 bridgehead atoms. The maximum Gasteiger partial charge on any atom is 0.257 e. The second-order valence-corrected chi connectivity index (χ2v) is 10.5. The number of nitrogens with zero attached hydrogens (tertiary/aromatic N) is 2. The Hall–Kier alpha value is -3.43. The molecule has 4 rings (SSSR count). The molecule has 1 fully saturated rings. The first-order chi connectivity index (χ1) is 17.6. The average molecular weight is 525 g/mol. The zero-order chi connectivity index (χ0) is 26.6. The van der Waals surface area contributed by atoms with E-state index in [4.69, 9.17) is 17.3 Å². The lowest BCUT2D eigenvalue weighted by Crippen LogP contribution is -2.61. The van der Waals surface area contributed by atoms with Crippen LogP contribution in [-0.4, -0.2) is 60.2 Å². The van der Waals surface area contributed by atoms with E-state index in [-0.39, 0.29) is 17.4 Å². The zero-order valence-electron chi connectivity index (χ0n) is 21.1. The molecule has 2 aromatic carbocycles. The van der Waals surface area contributed by atoms with Gasteiger partial charge in [-0.3, -0.25) is 24.3 Å². The number of carbonyl (C=O) groups is 3. The second-order valence-electron chi connectivity index (χ2n) is 10.1. The minimum absolute atomic E-state index is 0.233. The highest BCUT2D eigenvalue weighted by atomic mass is 35.5. The molecule has 9 nitrogen and oxygen atoms in total. The quantitative estimate of drug-likeness (QED) is 0.422. The Morgan fingerprint density at radius 3 is 2.43 bits per heavy atom. The van der Waals surface area contributed by atoms with Crippen molar-refractivity contribution in [1.29, 1.82) is 0 Å². The first-order valence-corrected chi connectivity index (χ1v) is 12.8. The van der Waals surface area contributed by atoms with Crippen LogP contribution in [0.5, 0.6) is 0 Å². The summed E-state index contributed by atoms with van der Waals surface area (Å²) in [5.41, 5.74) is 5.37. The van der Waals surface area contributed by atoms with Crippen molar-refractivity contribution >= 4 is 41.3 Å². The van der Waals surface area contributed by atoms with Crippen LogP contribution in [-0.2, 0) is 15.1 Å². The fourth-order valence-electron chi connectivity index (χ4n) is 4.93. The van der Waals surface area contributed by atoms with Crippen LogP contribution in [0.15, 0.2) is 53.5 Å². The van der Waals surface area contributed by atoms with Crippen molar-refractivity contribution in [2.45, 2.75) is 50.2 Å². The predicted octanol–water partition coefficient (Wildman–Crippen LogP) is 2.65. The van der Waals surface area contributed by atoms with Crippen LogP contribution in [0.3, 0.4) is 0 Å². The topological polar surface area (TPSA) is 129 Å². The molecule has 0 aromatic heterocycles. The smallest absolute Gasteiger partial charge is 0.257 e. The number of piperidine rings is 1. The lowest BCUT2D eigenvalue weighted by atomic mass is 9.82. The monoisotopic (exact) mass is 524 g/mol. The highest BCUT2D eigenvalue weighted by molar-refractivity contribution is 6.34. The lowest BCUT2D eigenvalue weighted by Gasteiger charge is -2.41. The Morgan fingerprint density at radius 1 is 1.11 bits per heavy atom. The van der Waals surface area contributed by atoms with Gasteiger partial charge in [0.15, 0.2) is 11.6 Å². The number of hydrogen-bond donors (Lipinski definition) is 4. The van der Waals surface area contributed by atoms with Crippen molar-refractivity contribution in [3.63, 3.8) is 0 Å². The standard InChI is InChI=1S/C27H33ClN6O3/c1-26(2,34-14-6-3-7-15-34)16-30-24(36)22-27(25(29)37,32-17-31-22)18-10-12-19(13-11-18)33-23(35)20-8-4-5-9-21(20)28/h4-5,8-13,17,22H,3,6-7,14-16H2,1-2H3,(H2,29,37)(H,30,36)(H,31,32)(H,33,35). The molecule has 2 atom stereocenters. The molecule has 2 unspecified atom stereocenters. The van der Waals surface area contributed by atoms with E-state index in [1.807, 2.05) is 0 Å². The van der Waals surface area contributed by atoms with Gasteiger partial charge in [-0.25, -0.2) is 0 Å². The maximum atomic E-state index is 13.3. The van der Waals surface area contributed by atoms with Crippen LogP contribution < -0.4 is 21.7 Å². The van der Waals surface area contributed by atoms with E-state index in [0.29, 0.717) is 28.4 Å². The summed E-state index contributed by atoms with van der Waals surface area (Å²) in [6.07, 6.45) is 4.87. The zero-order valence-corrected chi connectivity index (χ0v) is 21.8. The third-order valence-corrected chi connectivity index (χ3v) is 7.52. The third-order valence-electron chi connectivity index (χ3n) is 7.19. The van der Waals surface area contributed by atoms with Crippen LogP contribution in [0, 0.1) is 0 Å². The van der Waals surface area contributed by atoms with Gasteiger partial charge in [0.1, 0.15) is 0 Å². The Labute approximate surface area is 221 Å². The van der Waals surface area contributed by atoms with Gasteiger partial charge < -0.3 is 21.7 Å². The summed E-state index contributed by atoms with van der Waals surface area (Å²) in [6, 6.07) is 12.2. The van der Waals surface area contributed by atoms with Crippen LogP contribution >= 0.6 is 11.6 Å². The van der Waals surface area contributed by atoms with E-state index in [0.717, 1.165) is 25.9 Å². The predicted molar refractivity (Wildman–Crippen MR) is 145 cm³/mol. The van der Waals surface area contributed by atoms with Gasteiger partial charge in [-0.15, -0.1) is 0 Å². The normalized spacial score (nSPS) is 21.8. The summed E-state index contributed by atoms with van der Waals surface area (Å²) < 4.78 is 0. The van der Waals surface area contributed by atoms with E-state index in [1.54, 1.807) is 48.5 Å². The van der Waals surface area contributed by atoms with Gasteiger partial charge in [0.05, 0.1) is 16.9 Å². The summed E-state index contributed by atoms with van der Waals surface area (Å²) >= 11 is 6.12. The fraction of sp³-hybridized carbons (Fsp3) is 0.407. The molecule has 5 N–H and O–H groups in total. The largest absolute Gasteiger partial charge is 0.367 e. The second kappa shape index (κ2) is 10.9. The molecule has 2 aliphatic heterocycles. The molecule has 2 aromatic rings. The number of carbonyl (C=O) groups excluding carboxylic acids is 3. The highest BCUT2D eigenvalue weighted by Crippen LogP contribution is 2.31. The van der Waals surface area contributed by atoms with Crippen LogP contribution in [0.25, 0.3) is 0 Å². The molecule has 0 radical (unpaired) electrons. The molecule has 3 amide bonds. The summed E-state index contributed by atoms with van der Waals surface area (Å²) in [5.74, 6) is -1.48. The molecule has 196 valence electrons. The van der Waals surface area contributed by atoms with Crippen molar-refractivity contribution in [2.24, 2.45) is 10.7 Å². The molecule has 0 saturated carbocycles. The van der Waals surface area contributed by atoms with Gasteiger partial charge in [-0.1, -0.05) is 42.3 Å². The number of rotatable bonds is 8. The summed E-state index contributed by atoms with van der Waals surface area (Å²) in [6.45, 7) is 6.62. The number of benzene rings is 2. The first kappa shape index (κ1) is 26.6. The Bertz CT molecular complexity index is 1190. The van der Waals surface area contributed by atoms with E-state index < -0.39 is 17.5 Å². The Kier molecular flexibility index (Phi) is 7.85. The van der Waals surface area contributed by atoms with Gasteiger partial charge in [0.2, 0.25) is 5.91 Å². The summed E-state index contributed by atoms with van der Waals surface area (Å²) in [5, 5.41) is 9.05. The van der Waals surface area contributed by atoms with E-state index in [1.165, 1.54) is 12.8 Å². The number of nitrogens with two attached hydrogens (primary N) is 1. The van der Waals surface area contributed by atoms with Crippen LogP contribution in [0.1, 0.15) is 49.0 Å². The number of nitrogens with one attached hydrogen (secondary N) is 3. The minimum atomic E-state index is -1.55. The van der Waals surface area contributed by atoms with E-state index in [2.05, 4.69) is 39.7 Å². The summed E-state index contributed by atoms with van der Waals surface area (Å²) in [7, 11) is 0. The minimum Gasteiger partial charge on any atom is -0.367 e. The van der Waals surface area contributed by atoms with Gasteiger partial charge in [-0.2, -0.15) is 0 Å². The number of halogens is 1. The van der Waals surface area contributed by atoms with E-state index in [9.17, 15) is 14.4 Å². The molecular formula is C27H33ClN6O3. The highest BCUT2D eigenvalue weighted by Gasteiger charge is 2.52.